The molecule has 1 aliphatic rings. The van der Waals surface area contributed by atoms with E-state index in [9.17, 15) is 18.4 Å². The SMILES string of the molecule is Cc1cc(CN2Cc3c(ccnc3NC(=O)Cc3cnco3)C2=O)cnc1OCC(C)(F)F. The Balaban J connectivity index is 1.44. The standard InChI is InChI=1S/C22H21F2N5O4/c1-13-5-14(7-27-20(13)32-11-22(2,23)24)9-29-10-17-16(21(29)31)3-4-26-19(17)28-18(30)6-15-8-25-12-33-15/h3-5,7-8,12H,6,9-11H2,1-2H3,(H,26,28,30). The zero-order valence-corrected chi connectivity index (χ0v) is 18.0. The fourth-order valence-electron chi connectivity index (χ4n) is 3.46. The van der Waals surface area contributed by atoms with Gasteiger partial charge >= 0.3 is 0 Å². The number of halogens is 2. The summed E-state index contributed by atoms with van der Waals surface area (Å²) in [6.45, 7) is 2.20. The second-order valence-corrected chi connectivity index (χ2v) is 7.86. The summed E-state index contributed by atoms with van der Waals surface area (Å²) in [7, 11) is 0. The molecule has 0 aliphatic carbocycles. The van der Waals surface area contributed by atoms with E-state index in [-0.39, 0.29) is 37.2 Å². The number of hydrogen-bond acceptors (Lipinski definition) is 7. The van der Waals surface area contributed by atoms with Gasteiger partial charge in [-0.1, -0.05) is 0 Å². The van der Waals surface area contributed by atoms with Crippen LogP contribution in [0.4, 0.5) is 14.6 Å². The first-order chi connectivity index (χ1) is 15.7. The maximum Gasteiger partial charge on any atom is 0.278 e. The second kappa shape index (κ2) is 8.93. The number of carbonyl (C=O) groups excluding carboxylic acids is 2. The molecule has 0 fully saturated rings. The maximum atomic E-state index is 13.0. The smallest absolute Gasteiger partial charge is 0.278 e. The quantitative estimate of drug-likeness (QED) is 0.553. The van der Waals surface area contributed by atoms with Crippen LogP contribution in [0, 0.1) is 6.92 Å². The van der Waals surface area contributed by atoms with Gasteiger partial charge in [0.1, 0.15) is 11.6 Å². The van der Waals surface area contributed by atoms with Crippen molar-refractivity contribution in [2.45, 2.75) is 39.3 Å². The van der Waals surface area contributed by atoms with E-state index in [1.165, 1.54) is 25.0 Å². The molecule has 4 heterocycles. The molecule has 0 aromatic carbocycles. The normalized spacial score (nSPS) is 13.2. The molecular formula is C22H21F2N5O4. The molecule has 3 aromatic rings. The highest BCUT2D eigenvalue weighted by Gasteiger charge is 2.31. The van der Waals surface area contributed by atoms with E-state index >= 15 is 0 Å². The number of rotatable bonds is 8. The summed E-state index contributed by atoms with van der Waals surface area (Å²) in [4.78, 5) is 38.9. The topological polar surface area (TPSA) is 110 Å². The lowest BCUT2D eigenvalue weighted by atomic mass is 10.1. The van der Waals surface area contributed by atoms with Gasteiger partial charge in [0.2, 0.25) is 11.8 Å². The summed E-state index contributed by atoms with van der Waals surface area (Å²) in [6, 6.07) is 3.35. The highest BCUT2D eigenvalue weighted by Crippen LogP contribution is 2.29. The average Bonchev–Trinajstić information content (AvgIpc) is 3.36. The van der Waals surface area contributed by atoms with Crippen LogP contribution in [0.1, 0.15) is 39.7 Å². The molecular weight excluding hydrogens is 436 g/mol. The Morgan fingerprint density at radius 2 is 2.15 bits per heavy atom. The van der Waals surface area contributed by atoms with E-state index in [0.717, 1.165) is 6.92 Å². The van der Waals surface area contributed by atoms with Crippen LogP contribution < -0.4 is 10.1 Å². The van der Waals surface area contributed by atoms with Crippen LogP contribution in [-0.4, -0.2) is 44.2 Å². The molecule has 4 rings (SSSR count). The third-order valence-corrected chi connectivity index (χ3v) is 4.92. The van der Waals surface area contributed by atoms with E-state index in [2.05, 4.69) is 20.3 Å². The van der Waals surface area contributed by atoms with Crippen molar-refractivity contribution in [2.24, 2.45) is 0 Å². The van der Waals surface area contributed by atoms with Crippen molar-refractivity contribution < 1.29 is 27.5 Å². The van der Waals surface area contributed by atoms with Crippen LogP contribution in [-0.2, 0) is 24.3 Å². The maximum absolute atomic E-state index is 13.0. The molecule has 0 atom stereocenters. The number of pyridine rings is 2. The number of oxazole rings is 1. The molecule has 0 unspecified atom stereocenters. The summed E-state index contributed by atoms with van der Waals surface area (Å²) in [5.74, 6) is -2.66. The number of alkyl halides is 2. The Kier molecular flexibility index (Phi) is 6.03. The molecule has 0 saturated carbocycles. The zero-order valence-electron chi connectivity index (χ0n) is 18.0. The summed E-state index contributed by atoms with van der Waals surface area (Å²) in [5, 5.41) is 2.72. The number of anilines is 1. The van der Waals surface area contributed by atoms with Crippen molar-refractivity contribution in [3.05, 3.63) is 65.1 Å². The summed E-state index contributed by atoms with van der Waals surface area (Å²) in [6.07, 6.45) is 5.64. The Morgan fingerprint density at radius 3 is 2.85 bits per heavy atom. The summed E-state index contributed by atoms with van der Waals surface area (Å²) >= 11 is 0. The Hall–Kier alpha value is -3.89. The lowest BCUT2D eigenvalue weighted by molar-refractivity contribution is -0.115. The lowest BCUT2D eigenvalue weighted by Gasteiger charge is -2.17. The van der Waals surface area contributed by atoms with Gasteiger partial charge < -0.3 is 19.4 Å². The first-order valence-corrected chi connectivity index (χ1v) is 10.1. The Bertz CT molecular complexity index is 1180. The van der Waals surface area contributed by atoms with E-state index in [0.29, 0.717) is 33.8 Å². The molecule has 2 amide bonds. The van der Waals surface area contributed by atoms with Gasteiger partial charge in [0.15, 0.2) is 13.0 Å². The van der Waals surface area contributed by atoms with Crippen LogP contribution in [0.5, 0.6) is 5.88 Å². The fraction of sp³-hybridized carbons (Fsp3) is 0.318. The van der Waals surface area contributed by atoms with Crippen LogP contribution in [0.2, 0.25) is 0 Å². The van der Waals surface area contributed by atoms with Gasteiger partial charge in [-0.15, -0.1) is 0 Å². The first kappa shape index (κ1) is 22.3. The van der Waals surface area contributed by atoms with Crippen LogP contribution >= 0.6 is 0 Å². The van der Waals surface area contributed by atoms with Gasteiger partial charge in [0.25, 0.3) is 11.8 Å². The molecule has 3 aromatic heterocycles. The molecule has 1 aliphatic heterocycles. The summed E-state index contributed by atoms with van der Waals surface area (Å²) in [5.41, 5.74) is 2.37. The number of nitrogens with one attached hydrogen (secondary N) is 1. The molecule has 0 saturated heterocycles. The molecule has 0 bridgehead atoms. The minimum Gasteiger partial charge on any atom is -0.471 e. The van der Waals surface area contributed by atoms with E-state index in [1.54, 1.807) is 24.0 Å². The minimum absolute atomic E-state index is 0.00760. The second-order valence-electron chi connectivity index (χ2n) is 7.86. The Labute approximate surface area is 187 Å². The largest absolute Gasteiger partial charge is 0.471 e. The predicted octanol–water partition coefficient (Wildman–Crippen LogP) is 3.14. The van der Waals surface area contributed by atoms with Gasteiger partial charge in [-0.05, 0) is 24.6 Å². The highest BCUT2D eigenvalue weighted by atomic mass is 19.3. The fourth-order valence-corrected chi connectivity index (χ4v) is 3.46. The summed E-state index contributed by atoms with van der Waals surface area (Å²) < 4.78 is 36.2. The van der Waals surface area contributed by atoms with Crippen molar-refractivity contribution in [2.75, 3.05) is 11.9 Å². The molecule has 0 radical (unpaired) electrons. The van der Waals surface area contributed by atoms with E-state index < -0.39 is 12.5 Å². The van der Waals surface area contributed by atoms with Gasteiger partial charge in [-0.3, -0.25) is 9.59 Å². The third-order valence-electron chi connectivity index (χ3n) is 4.92. The van der Waals surface area contributed by atoms with Gasteiger partial charge in [-0.25, -0.2) is 23.7 Å². The number of ether oxygens (including phenoxy) is 1. The Morgan fingerprint density at radius 1 is 1.33 bits per heavy atom. The number of nitrogens with zero attached hydrogens (tertiary/aromatic N) is 4. The van der Waals surface area contributed by atoms with E-state index in [4.69, 9.17) is 9.15 Å². The predicted molar refractivity (Wildman–Crippen MR) is 112 cm³/mol. The third kappa shape index (κ3) is 5.30. The highest BCUT2D eigenvalue weighted by molar-refractivity contribution is 6.01. The number of aryl methyl sites for hydroxylation is 1. The van der Waals surface area contributed by atoms with Crippen LogP contribution in [0.25, 0.3) is 0 Å². The van der Waals surface area contributed by atoms with Crippen molar-refractivity contribution in [3.8, 4) is 5.88 Å². The van der Waals surface area contributed by atoms with Crippen molar-refractivity contribution in [1.82, 2.24) is 19.9 Å². The van der Waals surface area contributed by atoms with Crippen molar-refractivity contribution >= 4 is 17.6 Å². The number of hydrogen-bond donors (Lipinski definition) is 1. The lowest BCUT2D eigenvalue weighted by Crippen LogP contribution is -2.24. The molecule has 9 nitrogen and oxygen atoms in total. The minimum atomic E-state index is -2.96. The monoisotopic (exact) mass is 457 g/mol. The number of aromatic nitrogens is 3. The number of fused-ring (bicyclic) bond motifs is 1. The first-order valence-electron chi connectivity index (χ1n) is 10.1. The molecule has 33 heavy (non-hydrogen) atoms. The van der Waals surface area contributed by atoms with Crippen molar-refractivity contribution in [1.29, 1.82) is 0 Å². The zero-order chi connectivity index (χ0) is 23.6. The van der Waals surface area contributed by atoms with Gasteiger partial charge in [0.05, 0.1) is 19.2 Å². The van der Waals surface area contributed by atoms with Crippen LogP contribution in [0.15, 0.2) is 41.5 Å². The average molecular weight is 457 g/mol. The molecule has 1 N–H and O–H groups in total. The molecule has 11 heteroatoms. The molecule has 0 spiro atoms. The number of carbonyl (C=O) groups is 2. The van der Waals surface area contributed by atoms with Crippen molar-refractivity contribution in [3.63, 3.8) is 0 Å². The van der Waals surface area contributed by atoms with E-state index in [1.807, 2.05) is 0 Å². The number of amides is 2. The van der Waals surface area contributed by atoms with Gasteiger partial charge in [0, 0.05) is 42.6 Å². The van der Waals surface area contributed by atoms with Crippen LogP contribution in [0.3, 0.4) is 0 Å². The molecule has 172 valence electrons. The van der Waals surface area contributed by atoms with Gasteiger partial charge in [-0.2, -0.15) is 0 Å².